The smallest absolute Gasteiger partial charge is 0.312 e. The highest BCUT2D eigenvalue weighted by molar-refractivity contribution is 14.1. The molecular formula is C17H13IN2O3. The lowest BCUT2D eigenvalue weighted by Crippen LogP contribution is -2.23. The molecule has 1 aromatic heterocycles. The van der Waals surface area contributed by atoms with Crippen LogP contribution < -0.4 is 10.3 Å². The molecular weight excluding hydrogens is 407 g/mol. The van der Waals surface area contributed by atoms with Gasteiger partial charge in [0.15, 0.2) is 0 Å². The van der Waals surface area contributed by atoms with Crippen LogP contribution in [0.2, 0.25) is 0 Å². The number of fused-ring (bicyclic) bond motifs is 1. The van der Waals surface area contributed by atoms with Gasteiger partial charge in [-0.15, -0.1) is 0 Å². The molecule has 5 nitrogen and oxygen atoms in total. The second-order valence-corrected chi connectivity index (χ2v) is 6.19. The maximum Gasteiger partial charge on any atom is 0.312 e. The van der Waals surface area contributed by atoms with Gasteiger partial charge in [0.05, 0.1) is 23.7 Å². The molecule has 0 aliphatic rings. The van der Waals surface area contributed by atoms with E-state index in [2.05, 4.69) is 27.6 Å². The number of esters is 1. The predicted molar refractivity (Wildman–Crippen MR) is 95.4 cm³/mol. The number of benzene rings is 2. The SMILES string of the molecule is O=C(CCn1cnc2ccccc2c1=O)Oc1cccc(I)c1. The third-order valence-electron chi connectivity index (χ3n) is 3.32. The van der Waals surface area contributed by atoms with Gasteiger partial charge >= 0.3 is 5.97 Å². The van der Waals surface area contributed by atoms with Gasteiger partial charge in [-0.3, -0.25) is 14.2 Å². The van der Waals surface area contributed by atoms with Crippen LogP contribution in [0.5, 0.6) is 5.75 Å². The number of hydrogen-bond acceptors (Lipinski definition) is 4. The number of hydrogen-bond donors (Lipinski definition) is 0. The normalized spacial score (nSPS) is 10.7. The summed E-state index contributed by atoms with van der Waals surface area (Å²) in [6.07, 6.45) is 1.56. The second kappa shape index (κ2) is 6.91. The summed E-state index contributed by atoms with van der Waals surface area (Å²) >= 11 is 2.15. The largest absolute Gasteiger partial charge is 0.426 e. The van der Waals surface area contributed by atoms with E-state index in [1.807, 2.05) is 18.2 Å². The zero-order valence-electron chi connectivity index (χ0n) is 12.1. The van der Waals surface area contributed by atoms with Crippen molar-refractivity contribution >= 4 is 39.5 Å². The Bertz CT molecular complexity index is 921. The molecule has 0 saturated carbocycles. The molecule has 0 saturated heterocycles. The van der Waals surface area contributed by atoms with Crippen LogP contribution in [0.4, 0.5) is 0 Å². The summed E-state index contributed by atoms with van der Waals surface area (Å²) in [6.45, 7) is 0.236. The maximum atomic E-state index is 12.3. The molecule has 0 N–H and O–H groups in total. The first-order valence-corrected chi connectivity index (χ1v) is 8.12. The average molecular weight is 420 g/mol. The summed E-state index contributed by atoms with van der Waals surface area (Å²) in [5.74, 6) is 0.123. The highest BCUT2D eigenvalue weighted by Gasteiger charge is 2.08. The Balaban J connectivity index is 1.70. The van der Waals surface area contributed by atoms with E-state index in [1.165, 1.54) is 10.9 Å². The van der Waals surface area contributed by atoms with E-state index in [-0.39, 0.29) is 24.5 Å². The van der Waals surface area contributed by atoms with Gasteiger partial charge in [-0.2, -0.15) is 0 Å². The molecule has 0 radical (unpaired) electrons. The lowest BCUT2D eigenvalue weighted by molar-refractivity contribution is -0.134. The number of ether oxygens (including phenoxy) is 1. The fraction of sp³-hybridized carbons (Fsp3) is 0.118. The van der Waals surface area contributed by atoms with Crippen molar-refractivity contribution < 1.29 is 9.53 Å². The number of halogens is 1. The Kier molecular flexibility index (Phi) is 4.71. The van der Waals surface area contributed by atoms with Gasteiger partial charge in [0.2, 0.25) is 0 Å². The molecule has 0 aliphatic heterocycles. The van der Waals surface area contributed by atoms with E-state index in [4.69, 9.17) is 4.74 Å². The Hall–Kier alpha value is -2.22. The van der Waals surface area contributed by atoms with Crippen LogP contribution in [0.25, 0.3) is 10.9 Å². The van der Waals surface area contributed by atoms with Crippen molar-refractivity contribution in [2.24, 2.45) is 0 Å². The molecule has 1 heterocycles. The zero-order chi connectivity index (χ0) is 16.2. The quantitative estimate of drug-likeness (QED) is 0.370. The topological polar surface area (TPSA) is 61.2 Å². The monoisotopic (exact) mass is 420 g/mol. The minimum absolute atomic E-state index is 0.103. The minimum Gasteiger partial charge on any atom is -0.426 e. The average Bonchev–Trinajstić information content (AvgIpc) is 2.54. The number of rotatable bonds is 4. The maximum absolute atomic E-state index is 12.3. The third kappa shape index (κ3) is 3.76. The van der Waals surface area contributed by atoms with Crippen LogP contribution in [0.15, 0.2) is 59.7 Å². The highest BCUT2D eigenvalue weighted by atomic mass is 127. The van der Waals surface area contributed by atoms with Crippen LogP contribution in [-0.2, 0) is 11.3 Å². The minimum atomic E-state index is -0.382. The van der Waals surface area contributed by atoms with Gasteiger partial charge in [0.1, 0.15) is 5.75 Å². The standard InChI is InChI=1S/C17H13IN2O3/c18-12-4-3-5-13(10-12)23-16(21)8-9-20-11-19-15-7-2-1-6-14(15)17(20)22/h1-7,10-11H,8-9H2. The molecule has 3 rings (SSSR count). The van der Waals surface area contributed by atoms with Gasteiger partial charge in [-0.05, 0) is 52.9 Å². The molecule has 0 unspecified atom stereocenters. The van der Waals surface area contributed by atoms with Gasteiger partial charge < -0.3 is 4.74 Å². The molecule has 0 fully saturated rings. The first-order valence-electron chi connectivity index (χ1n) is 7.04. The molecule has 0 bridgehead atoms. The number of para-hydroxylation sites is 1. The molecule has 6 heteroatoms. The van der Waals surface area contributed by atoms with Crippen molar-refractivity contribution in [1.82, 2.24) is 9.55 Å². The number of aryl methyl sites for hydroxylation is 1. The summed E-state index contributed by atoms with van der Waals surface area (Å²) in [5, 5.41) is 0.543. The highest BCUT2D eigenvalue weighted by Crippen LogP contribution is 2.15. The van der Waals surface area contributed by atoms with E-state index >= 15 is 0 Å². The van der Waals surface area contributed by atoms with E-state index < -0.39 is 0 Å². The Morgan fingerprint density at radius 3 is 2.83 bits per heavy atom. The number of carbonyl (C=O) groups is 1. The number of carbonyl (C=O) groups excluding carboxylic acids is 1. The van der Waals surface area contributed by atoms with Gasteiger partial charge in [0, 0.05) is 10.1 Å². The summed E-state index contributed by atoms with van der Waals surface area (Å²) in [4.78, 5) is 28.5. The fourth-order valence-electron chi connectivity index (χ4n) is 2.19. The van der Waals surface area contributed by atoms with Crippen LogP contribution >= 0.6 is 22.6 Å². The molecule has 0 aliphatic carbocycles. The second-order valence-electron chi connectivity index (χ2n) is 4.94. The first-order chi connectivity index (χ1) is 11.1. The van der Waals surface area contributed by atoms with Crippen molar-refractivity contribution in [3.05, 3.63) is 68.8 Å². The molecule has 3 aromatic rings. The predicted octanol–water partition coefficient (Wildman–Crippen LogP) is 3.00. The third-order valence-corrected chi connectivity index (χ3v) is 3.99. The summed E-state index contributed by atoms with van der Waals surface area (Å²) in [6, 6.07) is 14.4. The summed E-state index contributed by atoms with van der Waals surface area (Å²) in [7, 11) is 0. The Labute approximate surface area is 146 Å². The molecule has 116 valence electrons. The lowest BCUT2D eigenvalue weighted by Gasteiger charge is -2.07. The lowest BCUT2D eigenvalue weighted by atomic mass is 10.2. The Morgan fingerprint density at radius 2 is 2.00 bits per heavy atom. The van der Waals surface area contributed by atoms with Crippen molar-refractivity contribution in [3.63, 3.8) is 0 Å². The van der Waals surface area contributed by atoms with Crippen LogP contribution in [0, 0.1) is 3.57 Å². The van der Waals surface area contributed by atoms with E-state index in [0.29, 0.717) is 16.7 Å². The number of nitrogens with zero attached hydrogens (tertiary/aromatic N) is 2. The van der Waals surface area contributed by atoms with Crippen molar-refractivity contribution in [2.45, 2.75) is 13.0 Å². The summed E-state index contributed by atoms with van der Waals surface area (Å²) < 4.78 is 7.68. The van der Waals surface area contributed by atoms with Gasteiger partial charge in [-0.25, -0.2) is 4.98 Å². The first kappa shape index (κ1) is 15.7. The summed E-state index contributed by atoms with van der Waals surface area (Å²) in [5.41, 5.74) is 0.493. The molecule has 23 heavy (non-hydrogen) atoms. The van der Waals surface area contributed by atoms with Crippen LogP contribution in [-0.4, -0.2) is 15.5 Å². The molecule has 0 amide bonds. The molecule has 0 atom stereocenters. The van der Waals surface area contributed by atoms with Crippen molar-refractivity contribution in [2.75, 3.05) is 0 Å². The van der Waals surface area contributed by atoms with Gasteiger partial charge in [-0.1, -0.05) is 18.2 Å². The van der Waals surface area contributed by atoms with E-state index in [1.54, 1.807) is 30.3 Å². The number of aromatic nitrogens is 2. The van der Waals surface area contributed by atoms with E-state index in [0.717, 1.165) is 3.57 Å². The fourth-order valence-corrected chi connectivity index (χ4v) is 2.70. The van der Waals surface area contributed by atoms with Crippen LogP contribution in [0.3, 0.4) is 0 Å². The Morgan fingerprint density at radius 1 is 1.17 bits per heavy atom. The molecule has 0 spiro atoms. The van der Waals surface area contributed by atoms with Crippen LogP contribution in [0.1, 0.15) is 6.42 Å². The van der Waals surface area contributed by atoms with Crippen molar-refractivity contribution in [3.8, 4) is 5.75 Å². The zero-order valence-corrected chi connectivity index (χ0v) is 14.3. The van der Waals surface area contributed by atoms with Crippen molar-refractivity contribution in [1.29, 1.82) is 0 Å². The van der Waals surface area contributed by atoms with E-state index in [9.17, 15) is 9.59 Å². The van der Waals surface area contributed by atoms with Gasteiger partial charge in [0.25, 0.3) is 5.56 Å². The molecule has 2 aromatic carbocycles.